The molecule has 0 aliphatic heterocycles. The minimum atomic E-state index is -0.0332. The lowest BCUT2D eigenvalue weighted by Crippen LogP contribution is -2.36. The number of hydrogen-bond acceptors (Lipinski definition) is 3. The van der Waals surface area contributed by atoms with Crippen LogP contribution in [0.15, 0.2) is 47.4 Å². The normalized spacial score (nSPS) is 10.7. The van der Waals surface area contributed by atoms with Crippen molar-refractivity contribution in [3.8, 4) is 0 Å². The van der Waals surface area contributed by atoms with Crippen LogP contribution in [0, 0.1) is 5.92 Å². The van der Waals surface area contributed by atoms with E-state index >= 15 is 0 Å². The Morgan fingerprint density at radius 3 is 2.43 bits per heavy atom. The van der Waals surface area contributed by atoms with Gasteiger partial charge in [0.1, 0.15) is 0 Å². The molecule has 0 aliphatic rings. The van der Waals surface area contributed by atoms with E-state index in [1.54, 1.807) is 0 Å². The van der Waals surface area contributed by atoms with Crippen molar-refractivity contribution < 1.29 is 9.59 Å². The molecule has 0 radical (unpaired) electrons. The molecule has 5 heteroatoms. The number of benzene rings is 2. The molecule has 0 fully saturated rings. The van der Waals surface area contributed by atoms with E-state index in [1.165, 1.54) is 22.5 Å². The maximum Gasteiger partial charge on any atom is 0.230 e. The van der Waals surface area contributed by atoms with Gasteiger partial charge in [0, 0.05) is 23.9 Å². The Morgan fingerprint density at radius 1 is 1.00 bits per heavy atom. The monoisotopic (exact) mass is 330 g/mol. The first kappa shape index (κ1) is 17.3. The number of hydrogen-bond donors (Lipinski definition) is 2. The van der Waals surface area contributed by atoms with Gasteiger partial charge in [0.15, 0.2) is 0 Å². The van der Waals surface area contributed by atoms with Gasteiger partial charge in [0.25, 0.3) is 0 Å². The summed E-state index contributed by atoms with van der Waals surface area (Å²) in [5.41, 5.74) is 0. The summed E-state index contributed by atoms with van der Waals surface area (Å²) >= 11 is 1.51. The van der Waals surface area contributed by atoms with Gasteiger partial charge in [-0.15, -0.1) is 11.8 Å². The third-order valence-corrected chi connectivity index (χ3v) is 4.36. The molecule has 2 amide bonds. The second kappa shape index (κ2) is 8.58. The van der Waals surface area contributed by atoms with Crippen LogP contribution in [-0.4, -0.2) is 30.7 Å². The smallest absolute Gasteiger partial charge is 0.230 e. The molecular weight excluding hydrogens is 308 g/mol. The molecule has 2 rings (SSSR count). The highest BCUT2D eigenvalue weighted by atomic mass is 32.2. The van der Waals surface area contributed by atoms with Gasteiger partial charge >= 0.3 is 0 Å². The van der Waals surface area contributed by atoms with E-state index in [-0.39, 0.29) is 17.7 Å². The van der Waals surface area contributed by atoms with Gasteiger partial charge in [-0.2, -0.15) is 0 Å². The maximum atomic E-state index is 11.8. The summed E-state index contributed by atoms with van der Waals surface area (Å²) in [7, 11) is 0. The summed E-state index contributed by atoms with van der Waals surface area (Å²) < 4.78 is 0. The summed E-state index contributed by atoms with van der Waals surface area (Å²) in [5.74, 6) is 0.317. The Morgan fingerprint density at radius 2 is 1.70 bits per heavy atom. The molecule has 0 spiro atoms. The number of carbonyl (C=O) groups is 2. The molecular formula is C18H22N2O2S. The molecule has 0 heterocycles. The van der Waals surface area contributed by atoms with Crippen LogP contribution in [-0.2, 0) is 9.59 Å². The molecule has 23 heavy (non-hydrogen) atoms. The van der Waals surface area contributed by atoms with Gasteiger partial charge in [-0.05, 0) is 22.9 Å². The molecule has 0 aliphatic carbocycles. The quantitative estimate of drug-likeness (QED) is 0.606. The van der Waals surface area contributed by atoms with E-state index in [1.807, 2.05) is 32.0 Å². The fourth-order valence-electron chi connectivity index (χ4n) is 2.05. The van der Waals surface area contributed by atoms with Crippen molar-refractivity contribution in [1.29, 1.82) is 0 Å². The summed E-state index contributed by atoms with van der Waals surface area (Å²) in [6.45, 7) is 4.60. The first-order valence-corrected chi connectivity index (χ1v) is 8.71. The van der Waals surface area contributed by atoms with Crippen molar-refractivity contribution in [3.05, 3.63) is 42.5 Å². The van der Waals surface area contributed by atoms with Crippen LogP contribution in [0.2, 0.25) is 0 Å². The largest absolute Gasteiger partial charge is 0.354 e. The third-order valence-electron chi connectivity index (χ3n) is 3.36. The Labute approximate surface area is 141 Å². The van der Waals surface area contributed by atoms with Gasteiger partial charge in [-0.3, -0.25) is 9.59 Å². The maximum absolute atomic E-state index is 11.8. The average Bonchev–Trinajstić information content (AvgIpc) is 2.56. The highest BCUT2D eigenvalue weighted by Gasteiger charge is 2.06. The van der Waals surface area contributed by atoms with Crippen LogP contribution >= 0.6 is 11.8 Å². The van der Waals surface area contributed by atoms with Gasteiger partial charge in [0.2, 0.25) is 11.8 Å². The summed E-state index contributed by atoms with van der Waals surface area (Å²) in [6, 6.07) is 14.4. The summed E-state index contributed by atoms with van der Waals surface area (Å²) in [6.07, 6.45) is 0. The second-order valence-electron chi connectivity index (χ2n) is 5.59. The van der Waals surface area contributed by atoms with E-state index in [9.17, 15) is 9.59 Å². The zero-order chi connectivity index (χ0) is 16.7. The Bertz CT molecular complexity index is 686. The van der Waals surface area contributed by atoms with E-state index in [0.717, 1.165) is 4.90 Å². The molecule has 0 aromatic heterocycles. The van der Waals surface area contributed by atoms with Crippen LogP contribution in [0.4, 0.5) is 0 Å². The highest BCUT2D eigenvalue weighted by molar-refractivity contribution is 8.00. The molecule has 2 aromatic rings. The van der Waals surface area contributed by atoms with Crippen molar-refractivity contribution in [2.24, 2.45) is 5.92 Å². The van der Waals surface area contributed by atoms with Crippen molar-refractivity contribution in [2.75, 3.05) is 18.8 Å². The Balaban J connectivity index is 1.72. The topological polar surface area (TPSA) is 58.2 Å². The van der Waals surface area contributed by atoms with Crippen LogP contribution in [0.3, 0.4) is 0 Å². The molecule has 0 saturated heterocycles. The number of nitrogens with one attached hydrogen (secondary N) is 2. The first-order chi connectivity index (χ1) is 11.1. The van der Waals surface area contributed by atoms with Gasteiger partial charge in [0.05, 0.1) is 5.75 Å². The molecule has 0 saturated carbocycles. The van der Waals surface area contributed by atoms with E-state index in [4.69, 9.17) is 0 Å². The van der Waals surface area contributed by atoms with E-state index in [0.29, 0.717) is 18.8 Å². The fourth-order valence-corrected chi connectivity index (χ4v) is 2.82. The highest BCUT2D eigenvalue weighted by Crippen LogP contribution is 2.23. The molecule has 122 valence electrons. The van der Waals surface area contributed by atoms with Crippen LogP contribution in [0.25, 0.3) is 10.8 Å². The standard InChI is InChI=1S/C18H22N2O2S/c1-13(2)18(22)20-10-9-19-17(21)12-23-16-8-7-14-5-3-4-6-15(14)11-16/h3-8,11,13H,9-10,12H2,1-2H3,(H,19,21)(H,20,22). The lowest BCUT2D eigenvalue weighted by Gasteiger charge is -2.09. The third kappa shape index (κ3) is 5.60. The number of rotatable bonds is 7. The minimum absolute atomic E-state index is 0.00443. The Hall–Kier alpha value is -2.01. The first-order valence-electron chi connectivity index (χ1n) is 7.72. The molecule has 4 nitrogen and oxygen atoms in total. The lowest BCUT2D eigenvalue weighted by atomic mass is 10.1. The predicted octanol–water partition coefficient (Wildman–Crippen LogP) is 2.82. The van der Waals surface area contributed by atoms with Crippen molar-refractivity contribution in [2.45, 2.75) is 18.7 Å². The molecule has 2 N–H and O–H groups in total. The SMILES string of the molecule is CC(C)C(=O)NCCNC(=O)CSc1ccc2ccccc2c1. The van der Waals surface area contributed by atoms with Gasteiger partial charge < -0.3 is 10.6 Å². The zero-order valence-electron chi connectivity index (χ0n) is 13.5. The van der Waals surface area contributed by atoms with Crippen molar-refractivity contribution in [3.63, 3.8) is 0 Å². The van der Waals surface area contributed by atoms with E-state index in [2.05, 4.69) is 34.9 Å². The second-order valence-corrected chi connectivity index (χ2v) is 6.64. The van der Waals surface area contributed by atoms with Crippen LogP contribution in [0.1, 0.15) is 13.8 Å². The molecule has 0 bridgehead atoms. The zero-order valence-corrected chi connectivity index (χ0v) is 14.3. The van der Waals surface area contributed by atoms with Crippen molar-refractivity contribution in [1.82, 2.24) is 10.6 Å². The number of fused-ring (bicyclic) bond motifs is 1. The molecule has 2 aromatic carbocycles. The van der Waals surface area contributed by atoms with E-state index < -0.39 is 0 Å². The summed E-state index contributed by atoms with van der Waals surface area (Å²) in [4.78, 5) is 24.3. The number of carbonyl (C=O) groups excluding carboxylic acids is 2. The summed E-state index contributed by atoms with van der Waals surface area (Å²) in [5, 5.41) is 7.95. The van der Waals surface area contributed by atoms with Crippen LogP contribution in [0.5, 0.6) is 0 Å². The van der Waals surface area contributed by atoms with Gasteiger partial charge in [-0.25, -0.2) is 0 Å². The van der Waals surface area contributed by atoms with Crippen LogP contribution < -0.4 is 10.6 Å². The molecule has 0 unspecified atom stereocenters. The fraction of sp³-hybridized carbons (Fsp3) is 0.333. The van der Waals surface area contributed by atoms with Gasteiger partial charge in [-0.1, -0.05) is 44.2 Å². The number of thioether (sulfide) groups is 1. The predicted molar refractivity (Wildman–Crippen MR) is 95.5 cm³/mol. The lowest BCUT2D eigenvalue weighted by molar-refractivity contribution is -0.124. The molecule has 0 atom stereocenters. The Kier molecular flexibility index (Phi) is 6.47. The van der Waals surface area contributed by atoms with Crippen molar-refractivity contribution >= 4 is 34.3 Å². The average molecular weight is 330 g/mol. The number of amides is 2. The minimum Gasteiger partial charge on any atom is -0.354 e.